The van der Waals surface area contributed by atoms with Crippen LogP contribution in [-0.4, -0.2) is 5.91 Å². The molecule has 2 aromatic carbocycles. The van der Waals surface area contributed by atoms with E-state index in [4.69, 9.17) is 0 Å². The summed E-state index contributed by atoms with van der Waals surface area (Å²) in [5.41, 5.74) is 1.98. The Labute approximate surface area is 119 Å². The monoisotopic (exact) mass is 265 g/mol. The van der Waals surface area contributed by atoms with E-state index in [9.17, 15) is 4.79 Å². The highest BCUT2D eigenvalue weighted by Crippen LogP contribution is 2.49. The van der Waals surface area contributed by atoms with Gasteiger partial charge in [0.25, 0.3) is 0 Å². The van der Waals surface area contributed by atoms with Gasteiger partial charge in [-0.3, -0.25) is 4.79 Å². The van der Waals surface area contributed by atoms with Gasteiger partial charge in [0.2, 0.25) is 5.91 Å². The van der Waals surface area contributed by atoms with Crippen molar-refractivity contribution in [1.82, 2.24) is 5.32 Å². The van der Waals surface area contributed by atoms with E-state index in [1.165, 1.54) is 11.1 Å². The lowest BCUT2D eigenvalue weighted by Gasteiger charge is -2.28. The molecule has 0 aromatic heterocycles. The Morgan fingerprint density at radius 3 is 1.90 bits per heavy atom. The molecule has 20 heavy (non-hydrogen) atoms. The fraction of sp³-hybridized carbons (Fsp3) is 0.278. The number of hydrogen-bond acceptors (Lipinski definition) is 1. The first-order valence-electron chi connectivity index (χ1n) is 7.01. The maximum Gasteiger partial charge on any atom is 0.226 e. The van der Waals surface area contributed by atoms with E-state index in [1.54, 1.807) is 0 Å². The molecule has 2 heteroatoms. The van der Waals surface area contributed by atoms with Crippen LogP contribution in [0.3, 0.4) is 0 Å². The first-order chi connectivity index (χ1) is 9.60. The van der Waals surface area contributed by atoms with Gasteiger partial charge in [0.1, 0.15) is 0 Å². The summed E-state index contributed by atoms with van der Waals surface area (Å²) in [6.07, 6.45) is 0. The van der Waals surface area contributed by atoms with Crippen molar-refractivity contribution in [1.29, 1.82) is 0 Å². The Balaban J connectivity index is 2.08. The molecule has 1 heterocycles. The topological polar surface area (TPSA) is 29.1 Å². The Kier molecular flexibility index (Phi) is 3.09. The van der Waals surface area contributed by atoms with Crippen LogP contribution in [0.25, 0.3) is 0 Å². The highest BCUT2D eigenvalue weighted by Gasteiger charge is 2.49. The Morgan fingerprint density at radius 1 is 0.850 bits per heavy atom. The van der Waals surface area contributed by atoms with Crippen molar-refractivity contribution in [2.45, 2.75) is 25.8 Å². The molecule has 2 atom stereocenters. The van der Waals surface area contributed by atoms with Gasteiger partial charge in [0, 0.05) is 5.92 Å². The standard InChI is InChI=1S/C18H19NO/c1-18(2)15(13-9-5-3-6-10-13)16(19-17(18)20)14-11-7-4-8-12-14/h3-12,15-16H,1-2H3,(H,19,20)/t15-,16-/m0/s1. The van der Waals surface area contributed by atoms with E-state index in [2.05, 4.69) is 29.6 Å². The van der Waals surface area contributed by atoms with Crippen molar-refractivity contribution in [3.05, 3.63) is 71.8 Å². The Bertz CT molecular complexity index is 604. The average molecular weight is 265 g/mol. The normalized spacial score (nSPS) is 24.4. The van der Waals surface area contributed by atoms with Gasteiger partial charge in [0.05, 0.1) is 11.5 Å². The Morgan fingerprint density at radius 2 is 1.35 bits per heavy atom. The zero-order valence-electron chi connectivity index (χ0n) is 11.8. The molecule has 0 unspecified atom stereocenters. The summed E-state index contributed by atoms with van der Waals surface area (Å²) in [5.74, 6) is 0.277. The third-order valence-corrected chi connectivity index (χ3v) is 4.30. The molecule has 3 rings (SSSR count). The predicted molar refractivity (Wildman–Crippen MR) is 80.3 cm³/mol. The lowest BCUT2D eigenvalue weighted by atomic mass is 9.73. The molecule has 1 N–H and O–H groups in total. The van der Waals surface area contributed by atoms with Crippen molar-refractivity contribution in [2.75, 3.05) is 0 Å². The van der Waals surface area contributed by atoms with Crippen LogP contribution in [-0.2, 0) is 4.79 Å². The number of carbonyl (C=O) groups excluding carboxylic acids is 1. The SMILES string of the molecule is CC1(C)C(=O)N[C@@H](c2ccccc2)[C@@H]1c1ccccc1. The average Bonchev–Trinajstić information content (AvgIpc) is 2.71. The van der Waals surface area contributed by atoms with Crippen molar-refractivity contribution in [3.63, 3.8) is 0 Å². The molecule has 1 aliphatic rings. The smallest absolute Gasteiger partial charge is 0.226 e. The summed E-state index contributed by atoms with van der Waals surface area (Å²) in [4.78, 5) is 12.4. The summed E-state index contributed by atoms with van der Waals surface area (Å²) < 4.78 is 0. The summed E-state index contributed by atoms with van der Waals surface area (Å²) >= 11 is 0. The van der Waals surface area contributed by atoms with Gasteiger partial charge in [-0.15, -0.1) is 0 Å². The fourth-order valence-electron chi connectivity index (χ4n) is 3.17. The van der Waals surface area contributed by atoms with Crippen LogP contribution < -0.4 is 5.32 Å². The molecule has 0 saturated carbocycles. The van der Waals surface area contributed by atoms with Crippen molar-refractivity contribution >= 4 is 5.91 Å². The van der Waals surface area contributed by atoms with Crippen LogP contribution in [0.2, 0.25) is 0 Å². The zero-order chi connectivity index (χ0) is 14.2. The minimum Gasteiger partial charge on any atom is -0.348 e. The second kappa shape index (κ2) is 4.78. The van der Waals surface area contributed by atoms with E-state index in [-0.39, 0.29) is 17.9 Å². The van der Waals surface area contributed by atoms with Crippen LogP contribution in [0, 0.1) is 5.41 Å². The maximum atomic E-state index is 12.4. The number of benzene rings is 2. The van der Waals surface area contributed by atoms with Crippen molar-refractivity contribution in [3.8, 4) is 0 Å². The molecule has 1 amide bonds. The predicted octanol–water partition coefficient (Wildman–Crippen LogP) is 3.67. The molecule has 2 aromatic rings. The molecule has 0 aliphatic carbocycles. The van der Waals surface area contributed by atoms with Crippen molar-refractivity contribution in [2.24, 2.45) is 5.41 Å². The summed E-state index contributed by atoms with van der Waals surface area (Å²) in [5, 5.41) is 3.17. The van der Waals surface area contributed by atoms with Crippen LogP contribution in [0.15, 0.2) is 60.7 Å². The molecule has 0 spiro atoms. The van der Waals surface area contributed by atoms with Crippen LogP contribution in [0.1, 0.15) is 36.9 Å². The summed E-state index contributed by atoms with van der Waals surface area (Å²) in [6.45, 7) is 4.06. The molecule has 2 nitrogen and oxygen atoms in total. The molecular weight excluding hydrogens is 246 g/mol. The molecule has 0 bridgehead atoms. The molecule has 1 saturated heterocycles. The number of nitrogens with one attached hydrogen (secondary N) is 1. The van der Waals surface area contributed by atoms with E-state index in [0.29, 0.717) is 0 Å². The van der Waals surface area contributed by atoms with Gasteiger partial charge >= 0.3 is 0 Å². The van der Waals surface area contributed by atoms with Gasteiger partial charge in [0.15, 0.2) is 0 Å². The minimum atomic E-state index is -0.401. The molecule has 1 fully saturated rings. The van der Waals surface area contributed by atoms with Crippen LogP contribution >= 0.6 is 0 Å². The summed E-state index contributed by atoms with van der Waals surface area (Å²) in [7, 11) is 0. The molecule has 0 radical (unpaired) electrons. The van der Waals surface area contributed by atoms with Gasteiger partial charge in [-0.25, -0.2) is 0 Å². The lowest BCUT2D eigenvalue weighted by molar-refractivity contribution is -0.126. The van der Waals surface area contributed by atoms with Gasteiger partial charge in [-0.05, 0) is 11.1 Å². The molecular formula is C18H19NO. The van der Waals surface area contributed by atoms with Gasteiger partial charge < -0.3 is 5.32 Å². The van der Waals surface area contributed by atoms with Gasteiger partial charge in [-0.1, -0.05) is 74.5 Å². The van der Waals surface area contributed by atoms with Gasteiger partial charge in [-0.2, -0.15) is 0 Å². The third kappa shape index (κ3) is 2.01. The van der Waals surface area contributed by atoms with E-state index >= 15 is 0 Å². The number of hydrogen-bond donors (Lipinski definition) is 1. The van der Waals surface area contributed by atoms with Crippen molar-refractivity contribution < 1.29 is 4.79 Å². The first kappa shape index (κ1) is 12.9. The Hall–Kier alpha value is -2.09. The van der Waals surface area contributed by atoms with Crippen LogP contribution in [0.4, 0.5) is 0 Å². The number of rotatable bonds is 2. The zero-order valence-corrected chi connectivity index (χ0v) is 11.8. The van der Waals surface area contributed by atoms with E-state index in [1.807, 2.05) is 50.2 Å². The molecule has 102 valence electrons. The lowest BCUT2D eigenvalue weighted by Crippen LogP contribution is -2.27. The highest BCUT2D eigenvalue weighted by atomic mass is 16.2. The highest BCUT2D eigenvalue weighted by molar-refractivity contribution is 5.86. The van der Waals surface area contributed by atoms with E-state index in [0.717, 1.165) is 0 Å². The quantitative estimate of drug-likeness (QED) is 0.882. The molecule has 1 aliphatic heterocycles. The second-order valence-electron chi connectivity index (χ2n) is 5.97. The maximum absolute atomic E-state index is 12.4. The first-order valence-corrected chi connectivity index (χ1v) is 7.01. The van der Waals surface area contributed by atoms with Crippen LogP contribution in [0.5, 0.6) is 0 Å². The van der Waals surface area contributed by atoms with E-state index < -0.39 is 5.41 Å². The number of carbonyl (C=O) groups is 1. The fourth-order valence-corrected chi connectivity index (χ4v) is 3.17. The summed E-state index contributed by atoms with van der Waals surface area (Å²) in [6, 6.07) is 20.6. The number of amides is 1. The minimum absolute atomic E-state index is 0.0427. The largest absolute Gasteiger partial charge is 0.348 e. The second-order valence-corrected chi connectivity index (χ2v) is 5.97. The third-order valence-electron chi connectivity index (χ3n) is 4.30.